The first-order valence-corrected chi connectivity index (χ1v) is 8.88. The Kier molecular flexibility index (Phi) is 7.22. The molecule has 2 aromatic carbocycles. The van der Waals surface area contributed by atoms with Crippen molar-refractivity contribution in [1.29, 1.82) is 5.26 Å². The molecule has 0 fully saturated rings. The predicted molar refractivity (Wildman–Crippen MR) is 107 cm³/mol. The highest BCUT2D eigenvalue weighted by Gasteiger charge is 2.17. The summed E-state index contributed by atoms with van der Waals surface area (Å²) in [6.07, 6.45) is 1.19. The van der Waals surface area contributed by atoms with Crippen LogP contribution in [-0.2, 0) is 9.59 Å². The van der Waals surface area contributed by atoms with Crippen molar-refractivity contribution in [3.63, 3.8) is 0 Å². The molecule has 0 radical (unpaired) electrons. The lowest BCUT2D eigenvalue weighted by Crippen LogP contribution is -2.14. The Labute approximate surface area is 178 Å². The number of carbonyl (C=O) groups is 2. The average molecular weight is 478 g/mol. The molecule has 0 saturated carbocycles. The van der Waals surface area contributed by atoms with Gasteiger partial charge in [0.1, 0.15) is 17.5 Å². The number of non-ortho nitro benzene ring substituents is 1. The van der Waals surface area contributed by atoms with Crippen LogP contribution < -0.4 is 14.8 Å². The number of ether oxygens (including phenoxy) is 2. The average Bonchev–Trinajstić information content (AvgIpc) is 2.68. The normalized spacial score (nSPS) is 10.7. The fraction of sp³-hybridized carbons (Fsp3) is 0.105. The van der Waals surface area contributed by atoms with Gasteiger partial charge in [-0.05, 0) is 45.8 Å². The van der Waals surface area contributed by atoms with Crippen LogP contribution in [0.25, 0.3) is 6.08 Å². The summed E-state index contributed by atoms with van der Waals surface area (Å²) in [7, 11) is 1.34. The smallest absolute Gasteiger partial charge is 0.308 e. The second-order valence-electron chi connectivity index (χ2n) is 5.67. The molecule has 0 atom stereocenters. The van der Waals surface area contributed by atoms with Crippen LogP contribution in [0.15, 0.2) is 40.4 Å². The molecule has 2 aromatic rings. The number of rotatable bonds is 6. The zero-order valence-electron chi connectivity index (χ0n) is 15.6. The van der Waals surface area contributed by atoms with Gasteiger partial charge in [0.25, 0.3) is 11.6 Å². The number of methoxy groups -OCH3 is 1. The maximum Gasteiger partial charge on any atom is 0.308 e. The Morgan fingerprint density at radius 3 is 2.60 bits per heavy atom. The molecule has 2 rings (SSSR count). The summed E-state index contributed by atoms with van der Waals surface area (Å²) in [6.45, 7) is 1.21. The first-order valence-electron chi connectivity index (χ1n) is 8.09. The molecule has 0 aromatic heterocycles. The van der Waals surface area contributed by atoms with Crippen LogP contribution in [0.5, 0.6) is 11.5 Å². The molecular formula is C19H13BrFN3O6. The number of nitrogens with zero attached hydrogens (tertiary/aromatic N) is 2. The lowest BCUT2D eigenvalue weighted by molar-refractivity contribution is -0.384. The molecule has 9 nitrogen and oxygen atoms in total. The summed E-state index contributed by atoms with van der Waals surface area (Å²) < 4.78 is 24.4. The number of esters is 1. The predicted octanol–water partition coefficient (Wildman–Crippen LogP) is 3.98. The van der Waals surface area contributed by atoms with Gasteiger partial charge in [0.15, 0.2) is 11.5 Å². The fourth-order valence-corrected chi connectivity index (χ4v) is 2.83. The third kappa shape index (κ3) is 5.39. The largest absolute Gasteiger partial charge is 0.493 e. The molecule has 30 heavy (non-hydrogen) atoms. The molecule has 1 amide bonds. The van der Waals surface area contributed by atoms with Crippen molar-refractivity contribution in [2.75, 3.05) is 12.4 Å². The first kappa shape index (κ1) is 22.5. The van der Waals surface area contributed by atoms with E-state index in [2.05, 4.69) is 21.2 Å². The molecular weight excluding hydrogens is 465 g/mol. The molecule has 0 aliphatic carbocycles. The van der Waals surface area contributed by atoms with Crippen LogP contribution in [0.4, 0.5) is 15.8 Å². The Morgan fingerprint density at radius 1 is 1.33 bits per heavy atom. The topological polar surface area (TPSA) is 132 Å². The molecule has 0 spiro atoms. The van der Waals surface area contributed by atoms with Crippen molar-refractivity contribution in [2.45, 2.75) is 6.92 Å². The van der Waals surface area contributed by atoms with E-state index in [1.807, 2.05) is 0 Å². The molecule has 0 heterocycles. The van der Waals surface area contributed by atoms with Crippen LogP contribution in [0, 0.1) is 27.3 Å². The lowest BCUT2D eigenvalue weighted by atomic mass is 10.1. The summed E-state index contributed by atoms with van der Waals surface area (Å²) >= 11 is 3.22. The van der Waals surface area contributed by atoms with Gasteiger partial charge in [-0.1, -0.05) is 0 Å². The number of nitrogens with one attached hydrogen (secondary N) is 1. The van der Waals surface area contributed by atoms with E-state index in [1.165, 1.54) is 32.2 Å². The number of anilines is 1. The number of nitro groups is 1. The minimum absolute atomic E-state index is 0.115. The molecule has 11 heteroatoms. The zero-order chi connectivity index (χ0) is 22.4. The number of halogens is 2. The lowest BCUT2D eigenvalue weighted by Gasteiger charge is -2.11. The Bertz CT molecular complexity index is 1110. The molecule has 154 valence electrons. The van der Waals surface area contributed by atoms with Gasteiger partial charge in [-0.15, -0.1) is 0 Å². The van der Waals surface area contributed by atoms with E-state index in [0.717, 1.165) is 18.2 Å². The van der Waals surface area contributed by atoms with E-state index in [-0.39, 0.29) is 11.5 Å². The van der Waals surface area contributed by atoms with Crippen LogP contribution in [0.3, 0.4) is 0 Å². The molecule has 1 N–H and O–H groups in total. The van der Waals surface area contributed by atoms with Crippen molar-refractivity contribution in [2.24, 2.45) is 0 Å². The van der Waals surface area contributed by atoms with Crippen molar-refractivity contribution in [3.05, 3.63) is 61.9 Å². The second kappa shape index (κ2) is 9.62. The van der Waals surface area contributed by atoms with Gasteiger partial charge in [0, 0.05) is 19.1 Å². The fourth-order valence-electron chi connectivity index (χ4n) is 2.29. The number of hydrogen-bond acceptors (Lipinski definition) is 7. The third-order valence-electron chi connectivity index (χ3n) is 3.58. The number of benzene rings is 2. The van der Waals surface area contributed by atoms with E-state index in [0.29, 0.717) is 10.0 Å². The number of nitro benzene ring substituents is 1. The SMILES string of the molecule is COc1cc(C=C(C#N)C(=O)Nc2cc([N+](=O)[O-])ccc2F)cc(Br)c1OC(C)=O. The standard InChI is InChI=1S/C19H13BrFN3O6/c1-10(25)30-18-14(20)6-11(7-17(18)29-2)5-12(9-22)19(26)23-16-8-13(24(27)28)3-4-15(16)21/h3-8H,1-2H3,(H,23,26). The van der Waals surface area contributed by atoms with Gasteiger partial charge in [-0.2, -0.15) is 5.26 Å². The van der Waals surface area contributed by atoms with Gasteiger partial charge >= 0.3 is 5.97 Å². The van der Waals surface area contributed by atoms with Crippen molar-refractivity contribution < 1.29 is 28.4 Å². The van der Waals surface area contributed by atoms with Crippen molar-refractivity contribution in [3.8, 4) is 17.6 Å². The Balaban J connectivity index is 2.38. The molecule has 0 aliphatic rings. The van der Waals surface area contributed by atoms with Crippen molar-refractivity contribution in [1.82, 2.24) is 0 Å². The van der Waals surface area contributed by atoms with Gasteiger partial charge in [0.2, 0.25) is 0 Å². The minimum atomic E-state index is -0.976. The van der Waals surface area contributed by atoms with Crippen LogP contribution in [0.2, 0.25) is 0 Å². The molecule has 0 aliphatic heterocycles. The van der Waals surface area contributed by atoms with E-state index in [1.54, 1.807) is 6.07 Å². The number of nitriles is 1. The number of hydrogen-bond donors (Lipinski definition) is 1. The number of carbonyl (C=O) groups excluding carboxylic acids is 2. The maximum absolute atomic E-state index is 13.9. The second-order valence-corrected chi connectivity index (χ2v) is 6.53. The van der Waals surface area contributed by atoms with Gasteiger partial charge in [-0.3, -0.25) is 19.7 Å². The summed E-state index contributed by atoms with van der Waals surface area (Å²) in [5.41, 5.74) is -0.945. The quantitative estimate of drug-likeness (QED) is 0.166. The highest BCUT2D eigenvalue weighted by Crippen LogP contribution is 2.37. The number of amides is 1. The summed E-state index contributed by atoms with van der Waals surface area (Å²) in [5, 5.41) is 22.3. The van der Waals surface area contributed by atoms with Gasteiger partial charge in [-0.25, -0.2) is 4.39 Å². The first-order chi connectivity index (χ1) is 14.2. The van der Waals surface area contributed by atoms with E-state index >= 15 is 0 Å². The highest BCUT2D eigenvalue weighted by molar-refractivity contribution is 9.10. The Morgan fingerprint density at radius 2 is 2.03 bits per heavy atom. The maximum atomic E-state index is 13.9. The van der Waals surface area contributed by atoms with Gasteiger partial charge < -0.3 is 14.8 Å². The zero-order valence-corrected chi connectivity index (χ0v) is 17.1. The minimum Gasteiger partial charge on any atom is -0.493 e. The molecule has 0 unspecified atom stereocenters. The molecule has 0 bridgehead atoms. The van der Waals surface area contributed by atoms with E-state index < -0.39 is 39.6 Å². The van der Waals surface area contributed by atoms with E-state index in [9.17, 15) is 29.4 Å². The third-order valence-corrected chi connectivity index (χ3v) is 4.17. The van der Waals surface area contributed by atoms with Crippen molar-refractivity contribution >= 4 is 45.3 Å². The van der Waals surface area contributed by atoms with Crippen LogP contribution in [0.1, 0.15) is 12.5 Å². The van der Waals surface area contributed by atoms with Crippen LogP contribution >= 0.6 is 15.9 Å². The van der Waals surface area contributed by atoms with E-state index in [4.69, 9.17) is 9.47 Å². The van der Waals surface area contributed by atoms with Gasteiger partial charge in [0.05, 0.1) is 22.2 Å². The molecule has 0 saturated heterocycles. The van der Waals surface area contributed by atoms with Crippen LogP contribution in [-0.4, -0.2) is 23.9 Å². The highest BCUT2D eigenvalue weighted by atomic mass is 79.9. The summed E-state index contributed by atoms with van der Waals surface area (Å²) in [6, 6.07) is 7.19. The summed E-state index contributed by atoms with van der Waals surface area (Å²) in [5.74, 6) is -2.18. The summed E-state index contributed by atoms with van der Waals surface area (Å²) in [4.78, 5) is 33.7. The Hall–Kier alpha value is -3.78. The monoisotopic (exact) mass is 477 g/mol.